The Kier molecular flexibility index (Phi) is 4.73. The van der Waals surface area contributed by atoms with E-state index in [0.29, 0.717) is 23.1 Å². The Morgan fingerprint density at radius 2 is 1.50 bits per heavy atom. The summed E-state index contributed by atoms with van der Waals surface area (Å²) in [4.78, 5) is 8.59. The number of rotatable bonds is 3. The molecule has 3 rings (SSSR count). The van der Waals surface area contributed by atoms with E-state index in [-0.39, 0.29) is 0 Å². The number of benzene rings is 1. The van der Waals surface area contributed by atoms with Gasteiger partial charge in [-0.3, -0.25) is 0 Å². The molecule has 3 nitrogen and oxygen atoms in total. The highest BCUT2D eigenvalue weighted by atomic mass is 19.4. The van der Waals surface area contributed by atoms with E-state index in [0.717, 1.165) is 30.9 Å². The highest BCUT2D eigenvalue weighted by molar-refractivity contribution is 5.62. The van der Waals surface area contributed by atoms with Gasteiger partial charge in [0.25, 0.3) is 0 Å². The van der Waals surface area contributed by atoms with Gasteiger partial charge in [0.15, 0.2) is 0 Å². The molecule has 2 aromatic rings. The third-order valence-corrected chi connectivity index (χ3v) is 4.55. The quantitative estimate of drug-likeness (QED) is 0.842. The van der Waals surface area contributed by atoms with Gasteiger partial charge in [-0.15, -0.1) is 0 Å². The van der Waals surface area contributed by atoms with Gasteiger partial charge in [-0.2, -0.15) is 13.2 Å². The molecule has 0 unspecified atom stereocenters. The maximum atomic E-state index is 12.6. The third-order valence-electron chi connectivity index (χ3n) is 4.55. The third kappa shape index (κ3) is 4.04. The highest BCUT2D eigenvalue weighted by Crippen LogP contribution is 2.31. The van der Waals surface area contributed by atoms with Gasteiger partial charge in [-0.25, -0.2) is 9.97 Å². The van der Waals surface area contributed by atoms with Crippen molar-refractivity contribution in [2.75, 3.05) is 5.32 Å². The molecule has 6 heteroatoms. The van der Waals surface area contributed by atoms with Gasteiger partial charge < -0.3 is 5.32 Å². The molecular formula is C18H20F3N3. The topological polar surface area (TPSA) is 37.8 Å². The van der Waals surface area contributed by atoms with Gasteiger partial charge in [0, 0.05) is 24.0 Å². The van der Waals surface area contributed by atoms with Crippen LogP contribution in [0.1, 0.15) is 38.2 Å². The fraction of sp³-hybridized carbons (Fsp3) is 0.444. The van der Waals surface area contributed by atoms with Crippen LogP contribution < -0.4 is 5.32 Å². The van der Waals surface area contributed by atoms with E-state index < -0.39 is 11.7 Å². The Hall–Kier alpha value is -2.11. The van der Waals surface area contributed by atoms with E-state index in [9.17, 15) is 13.2 Å². The number of hydrogen-bond donors (Lipinski definition) is 1. The lowest BCUT2D eigenvalue weighted by molar-refractivity contribution is -0.137. The van der Waals surface area contributed by atoms with Crippen molar-refractivity contribution in [3.8, 4) is 11.1 Å². The molecule has 24 heavy (non-hydrogen) atoms. The summed E-state index contributed by atoms with van der Waals surface area (Å²) in [7, 11) is 0. The van der Waals surface area contributed by atoms with Crippen LogP contribution in [0.4, 0.5) is 19.1 Å². The second kappa shape index (κ2) is 6.79. The number of aromatic nitrogens is 2. The largest absolute Gasteiger partial charge is 0.416 e. The molecule has 1 fully saturated rings. The van der Waals surface area contributed by atoms with Crippen molar-refractivity contribution in [1.29, 1.82) is 0 Å². The minimum absolute atomic E-state index is 0.401. The van der Waals surface area contributed by atoms with Crippen LogP contribution >= 0.6 is 0 Å². The maximum Gasteiger partial charge on any atom is 0.416 e. The zero-order chi connectivity index (χ0) is 17.2. The van der Waals surface area contributed by atoms with Crippen molar-refractivity contribution in [3.63, 3.8) is 0 Å². The average Bonchev–Trinajstić information content (AvgIpc) is 2.57. The molecule has 0 spiro atoms. The van der Waals surface area contributed by atoms with Gasteiger partial charge in [0.2, 0.25) is 5.95 Å². The molecule has 128 valence electrons. The van der Waals surface area contributed by atoms with Crippen molar-refractivity contribution >= 4 is 5.95 Å². The predicted molar refractivity (Wildman–Crippen MR) is 87.5 cm³/mol. The Bertz CT molecular complexity index is 657. The van der Waals surface area contributed by atoms with Crippen molar-refractivity contribution in [1.82, 2.24) is 9.97 Å². The fourth-order valence-electron chi connectivity index (χ4n) is 2.99. The summed E-state index contributed by atoms with van der Waals surface area (Å²) in [5, 5.41) is 3.34. The van der Waals surface area contributed by atoms with Crippen molar-refractivity contribution in [2.24, 2.45) is 5.92 Å². The molecule has 1 aliphatic rings. The van der Waals surface area contributed by atoms with Crippen LogP contribution in [0.25, 0.3) is 11.1 Å². The molecule has 1 heterocycles. The lowest BCUT2D eigenvalue weighted by atomic mass is 9.87. The van der Waals surface area contributed by atoms with Crippen LogP contribution in [0, 0.1) is 5.92 Å². The van der Waals surface area contributed by atoms with Crippen LogP contribution in [-0.4, -0.2) is 16.0 Å². The van der Waals surface area contributed by atoms with Gasteiger partial charge in [-0.1, -0.05) is 19.1 Å². The number of halogens is 3. The second-order valence-corrected chi connectivity index (χ2v) is 6.47. The Labute approximate surface area is 139 Å². The summed E-state index contributed by atoms with van der Waals surface area (Å²) in [6.45, 7) is 2.27. The SMILES string of the molecule is C[C@H]1CC[C@H](Nc2ncc(-c3ccc(C(F)(F)F)cc3)cn2)CC1. The summed E-state index contributed by atoms with van der Waals surface area (Å²) >= 11 is 0. The molecule has 0 amide bonds. The minimum Gasteiger partial charge on any atom is -0.351 e. The normalized spacial score (nSPS) is 21.5. The molecule has 1 saturated carbocycles. The maximum absolute atomic E-state index is 12.6. The first kappa shape index (κ1) is 16.7. The molecule has 0 radical (unpaired) electrons. The lowest BCUT2D eigenvalue weighted by Crippen LogP contribution is -2.26. The Morgan fingerprint density at radius 1 is 0.917 bits per heavy atom. The molecular weight excluding hydrogens is 315 g/mol. The molecule has 1 aliphatic carbocycles. The van der Waals surface area contributed by atoms with Gasteiger partial charge in [0.1, 0.15) is 0 Å². The van der Waals surface area contributed by atoms with E-state index in [2.05, 4.69) is 22.2 Å². The fourth-order valence-corrected chi connectivity index (χ4v) is 2.99. The molecule has 1 aromatic carbocycles. The van der Waals surface area contributed by atoms with Gasteiger partial charge in [0.05, 0.1) is 5.56 Å². The van der Waals surface area contributed by atoms with E-state index >= 15 is 0 Å². The molecule has 0 atom stereocenters. The molecule has 0 aliphatic heterocycles. The number of nitrogens with one attached hydrogen (secondary N) is 1. The van der Waals surface area contributed by atoms with Crippen LogP contribution in [-0.2, 0) is 6.18 Å². The zero-order valence-electron chi connectivity index (χ0n) is 13.5. The van der Waals surface area contributed by atoms with E-state index in [4.69, 9.17) is 0 Å². The second-order valence-electron chi connectivity index (χ2n) is 6.47. The summed E-state index contributed by atoms with van der Waals surface area (Å²) in [6, 6.07) is 5.43. The molecule has 1 N–H and O–H groups in total. The summed E-state index contributed by atoms with van der Waals surface area (Å²) in [5.41, 5.74) is 0.713. The molecule has 0 saturated heterocycles. The van der Waals surface area contributed by atoms with Crippen LogP contribution in [0.3, 0.4) is 0 Å². The van der Waals surface area contributed by atoms with Gasteiger partial charge >= 0.3 is 6.18 Å². The lowest BCUT2D eigenvalue weighted by Gasteiger charge is -2.26. The van der Waals surface area contributed by atoms with Crippen molar-refractivity contribution < 1.29 is 13.2 Å². The summed E-state index contributed by atoms with van der Waals surface area (Å²) < 4.78 is 37.8. The first-order valence-corrected chi connectivity index (χ1v) is 8.18. The highest BCUT2D eigenvalue weighted by Gasteiger charge is 2.30. The molecule has 1 aromatic heterocycles. The van der Waals surface area contributed by atoms with E-state index in [1.165, 1.54) is 25.0 Å². The Morgan fingerprint density at radius 3 is 2.04 bits per heavy atom. The van der Waals surface area contributed by atoms with E-state index in [1.807, 2.05) is 0 Å². The standard InChI is InChI=1S/C18H20F3N3/c1-12-2-8-16(9-3-12)24-17-22-10-14(11-23-17)13-4-6-15(7-5-13)18(19,20)21/h4-7,10-12,16H,2-3,8-9H2,1H3,(H,22,23,24)/t12-,16-. The average molecular weight is 335 g/mol. The first-order valence-electron chi connectivity index (χ1n) is 8.18. The summed E-state index contributed by atoms with van der Waals surface area (Å²) in [6.07, 6.45) is 3.62. The number of nitrogens with zero attached hydrogens (tertiary/aromatic N) is 2. The number of alkyl halides is 3. The predicted octanol–water partition coefficient (Wildman–Crippen LogP) is 5.15. The summed E-state index contributed by atoms with van der Waals surface area (Å²) in [5.74, 6) is 1.36. The van der Waals surface area contributed by atoms with Gasteiger partial charge in [-0.05, 0) is 49.3 Å². The number of anilines is 1. The monoisotopic (exact) mass is 335 g/mol. The van der Waals surface area contributed by atoms with E-state index in [1.54, 1.807) is 12.4 Å². The smallest absolute Gasteiger partial charge is 0.351 e. The minimum atomic E-state index is -4.32. The van der Waals surface area contributed by atoms with Crippen molar-refractivity contribution in [3.05, 3.63) is 42.2 Å². The first-order chi connectivity index (χ1) is 11.4. The van der Waals surface area contributed by atoms with Crippen LogP contribution in [0.5, 0.6) is 0 Å². The number of hydrogen-bond acceptors (Lipinski definition) is 3. The molecule has 0 bridgehead atoms. The zero-order valence-corrected chi connectivity index (χ0v) is 13.5. The van der Waals surface area contributed by atoms with Crippen molar-refractivity contribution in [2.45, 2.75) is 44.8 Å². The Balaban J connectivity index is 1.66. The van der Waals surface area contributed by atoms with Crippen LogP contribution in [0.15, 0.2) is 36.7 Å². The van der Waals surface area contributed by atoms with Crippen LogP contribution in [0.2, 0.25) is 0 Å².